The Balaban J connectivity index is 2.10. The molecule has 1 unspecified atom stereocenters. The van der Waals surface area contributed by atoms with E-state index in [0.29, 0.717) is 17.9 Å². The molecule has 0 heterocycles. The van der Waals surface area contributed by atoms with Crippen LogP contribution < -0.4 is 0 Å². The predicted molar refractivity (Wildman–Crippen MR) is 87.7 cm³/mol. The van der Waals surface area contributed by atoms with Gasteiger partial charge in [-0.05, 0) is 63.2 Å². The SMILES string of the molecule is CC1=C[C@@H]2C[C@H](C)[C@H]3CC[C@H](C)[C@@]4(C1)C(=O)C(O)=C(C)C(=O)C234. The van der Waals surface area contributed by atoms with Crippen molar-refractivity contribution in [3.05, 3.63) is 23.0 Å². The minimum atomic E-state index is -0.717. The van der Waals surface area contributed by atoms with Crippen LogP contribution >= 0.6 is 0 Å². The molecule has 2 fully saturated rings. The molecule has 3 heteroatoms. The van der Waals surface area contributed by atoms with E-state index in [1.54, 1.807) is 6.92 Å². The van der Waals surface area contributed by atoms with Crippen LogP contribution in [0.2, 0.25) is 0 Å². The number of hydrogen-bond acceptors (Lipinski definition) is 3. The average molecular weight is 314 g/mol. The monoisotopic (exact) mass is 314 g/mol. The predicted octanol–water partition coefficient (Wildman–Crippen LogP) is 4.00. The average Bonchev–Trinajstić information content (AvgIpc) is 2.79. The lowest BCUT2D eigenvalue weighted by atomic mass is 9.38. The molecule has 4 aliphatic carbocycles. The van der Waals surface area contributed by atoms with Crippen molar-refractivity contribution >= 4 is 11.6 Å². The number of aliphatic hydroxyl groups excluding tert-OH is 1. The van der Waals surface area contributed by atoms with Crippen molar-refractivity contribution in [2.45, 2.75) is 53.4 Å². The van der Waals surface area contributed by atoms with Gasteiger partial charge < -0.3 is 5.11 Å². The van der Waals surface area contributed by atoms with Gasteiger partial charge in [0, 0.05) is 5.57 Å². The highest BCUT2D eigenvalue weighted by atomic mass is 16.3. The first kappa shape index (κ1) is 15.2. The lowest BCUT2D eigenvalue weighted by molar-refractivity contribution is -0.174. The Hall–Kier alpha value is -1.38. The van der Waals surface area contributed by atoms with Crippen LogP contribution in [0, 0.1) is 34.5 Å². The fourth-order valence-corrected chi connectivity index (χ4v) is 6.92. The molecule has 124 valence electrons. The summed E-state index contributed by atoms with van der Waals surface area (Å²) in [4.78, 5) is 26.9. The Bertz CT molecular complexity index is 685. The van der Waals surface area contributed by atoms with Gasteiger partial charge in [0.1, 0.15) is 0 Å². The Kier molecular flexibility index (Phi) is 2.88. The fraction of sp³-hybridized carbons (Fsp3) is 0.700. The lowest BCUT2D eigenvalue weighted by Gasteiger charge is -2.62. The molecular formula is C20H26O3. The highest BCUT2D eigenvalue weighted by Gasteiger charge is 2.76. The van der Waals surface area contributed by atoms with Gasteiger partial charge in [-0.1, -0.05) is 25.5 Å². The van der Waals surface area contributed by atoms with Crippen molar-refractivity contribution in [3.8, 4) is 0 Å². The van der Waals surface area contributed by atoms with E-state index in [-0.39, 0.29) is 35.1 Å². The van der Waals surface area contributed by atoms with Gasteiger partial charge in [0.25, 0.3) is 0 Å². The number of ketones is 2. The molecule has 1 N–H and O–H groups in total. The van der Waals surface area contributed by atoms with Crippen molar-refractivity contribution < 1.29 is 14.7 Å². The molecular weight excluding hydrogens is 288 g/mol. The Labute approximate surface area is 137 Å². The maximum absolute atomic E-state index is 13.5. The smallest absolute Gasteiger partial charge is 0.205 e. The number of rotatable bonds is 0. The van der Waals surface area contributed by atoms with Crippen LogP contribution in [0.15, 0.2) is 23.0 Å². The van der Waals surface area contributed by atoms with Crippen molar-refractivity contribution in [1.82, 2.24) is 0 Å². The molecule has 4 aliphatic rings. The van der Waals surface area contributed by atoms with Gasteiger partial charge in [-0.3, -0.25) is 9.59 Å². The van der Waals surface area contributed by atoms with Gasteiger partial charge >= 0.3 is 0 Å². The van der Waals surface area contributed by atoms with Crippen LogP contribution in [-0.4, -0.2) is 16.7 Å². The number of aliphatic hydroxyl groups is 1. The standard InChI is InChI=1S/C20H26O3/c1-10-7-14-8-11(2)15-6-5-12(3)19(9-10)18(23)16(21)13(4)17(22)20(14,15)19/h7,11-12,14-15,21H,5-6,8-9H2,1-4H3/t11-,12-,14+,15+,19-,20?/m0/s1. The van der Waals surface area contributed by atoms with Crippen LogP contribution in [0.25, 0.3) is 0 Å². The highest BCUT2D eigenvalue weighted by Crippen LogP contribution is 2.73. The normalized spacial score (nSPS) is 49.0. The summed E-state index contributed by atoms with van der Waals surface area (Å²) in [6.45, 7) is 8.09. The first-order valence-corrected chi connectivity index (χ1v) is 8.95. The van der Waals surface area contributed by atoms with E-state index in [9.17, 15) is 14.7 Å². The summed E-state index contributed by atoms with van der Waals surface area (Å²) in [5.74, 6) is 0.662. The molecule has 0 bridgehead atoms. The number of carbonyl (C=O) groups is 2. The van der Waals surface area contributed by atoms with Gasteiger partial charge in [-0.25, -0.2) is 0 Å². The third-order valence-corrected chi connectivity index (χ3v) is 7.71. The molecule has 0 radical (unpaired) electrons. The molecule has 1 spiro atoms. The molecule has 0 aromatic heterocycles. The second-order valence-electron chi connectivity index (χ2n) is 8.57. The van der Waals surface area contributed by atoms with Gasteiger partial charge in [0.15, 0.2) is 11.5 Å². The summed E-state index contributed by atoms with van der Waals surface area (Å²) < 4.78 is 0. The molecule has 0 saturated heterocycles. The Morgan fingerprint density at radius 1 is 1.13 bits per heavy atom. The van der Waals surface area contributed by atoms with Crippen LogP contribution in [-0.2, 0) is 9.59 Å². The molecule has 0 aromatic rings. The quantitative estimate of drug-likeness (QED) is 0.688. The third kappa shape index (κ3) is 1.39. The van der Waals surface area contributed by atoms with E-state index >= 15 is 0 Å². The molecule has 2 saturated carbocycles. The molecule has 6 atom stereocenters. The van der Waals surface area contributed by atoms with Crippen LogP contribution in [0.1, 0.15) is 53.4 Å². The first-order chi connectivity index (χ1) is 10.8. The number of hydrogen-bond donors (Lipinski definition) is 1. The number of allylic oxidation sites excluding steroid dienone is 4. The summed E-state index contributed by atoms with van der Waals surface area (Å²) in [6, 6.07) is 0. The lowest BCUT2D eigenvalue weighted by Crippen LogP contribution is -2.66. The summed E-state index contributed by atoms with van der Waals surface area (Å²) in [7, 11) is 0. The van der Waals surface area contributed by atoms with Crippen molar-refractivity contribution in [2.75, 3.05) is 0 Å². The molecule has 23 heavy (non-hydrogen) atoms. The number of Topliss-reactive ketones (excluding diaryl/α,β-unsaturated/α-hetero) is 2. The zero-order chi connectivity index (χ0) is 16.7. The number of carbonyl (C=O) groups excluding carboxylic acids is 2. The van der Waals surface area contributed by atoms with E-state index in [4.69, 9.17) is 0 Å². The summed E-state index contributed by atoms with van der Waals surface area (Å²) in [5.41, 5.74) is 0.194. The van der Waals surface area contributed by atoms with E-state index in [1.165, 1.54) is 5.57 Å². The molecule has 4 rings (SSSR count). The van der Waals surface area contributed by atoms with Crippen molar-refractivity contribution in [2.24, 2.45) is 34.5 Å². The van der Waals surface area contributed by atoms with Crippen molar-refractivity contribution in [1.29, 1.82) is 0 Å². The Morgan fingerprint density at radius 2 is 1.83 bits per heavy atom. The fourth-order valence-electron chi connectivity index (χ4n) is 6.92. The van der Waals surface area contributed by atoms with Crippen molar-refractivity contribution in [3.63, 3.8) is 0 Å². The van der Waals surface area contributed by atoms with E-state index in [1.807, 2.05) is 0 Å². The molecule has 0 amide bonds. The zero-order valence-corrected chi connectivity index (χ0v) is 14.5. The third-order valence-electron chi connectivity index (χ3n) is 7.71. The second kappa shape index (κ2) is 4.37. The second-order valence-corrected chi connectivity index (χ2v) is 8.57. The summed E-state index contributed by atoms with van der Waals surface area (Å²) in [5, 5.41) is 10.4. The van der Waals surface area contributed by atoms with Gasteiger partial charge in [-0.2, -0.15) is 0 Å². The highest BCUT2D eigenvalue weighted by molar-refractivity contribution is 6.17. The van der Waals surface area contributed by atoms with Crippen LogP contribution in [0.5, 0.6) is 0 Å². The minimum Gasteiger partial charge on any atom is -0.504 e. The maximum atomic E-state index is 13.5. The van der Waals surface area contributed by atoms with Gasteiger partial charge in [0.2, 0.25) is 5.78 Å². The summed E-state index contributed by atoms with van der Waals surface area (Å²) in [6.07, 6.45) is 5.90. The molecule has 0 aliphatic heterocycles. The Morgan fingerprint density at radius 3 is 2.52 bits per heavy atom. The first-order valence-electron chi connectivity index (χ1n) is 8.95. The molecule has 0 aromatic carbocycles. The molecule has 3 nitrogen and oxygen atoms in total. The van der Waals surface area contributed by atoms with Gasteiger partial charge in [-0.15, -0.1) is 0 Å². The summed E-state index contributed by atoms with van der Waals surface area (Å²) >= 11 is 0. The van der Waals surface area contributed by atoms with E-state index < -0.39 is 10.8 Å². The van der Waals surface area contributed by atoms with Crippen LogP contribution in [0.3, 0.4) is 0 Å². The zero-order valence-electron chi connectivity index (χ0n) is 14.5. The van der Waals surface area contributed by atoms with E-state index in [0.717, 1.165) is 19.3 Å². The van der Waals surface area contributed by atoms with Gasteiger partial charge in [0.05, 0.1) is 10.8 Å². The minimum absolute atomic E-state index is 0.0595. The maximum Gasteiger partial charge on any atom is 0.205 e. The van der Waals surface area contributed by atoms with E-state index in [2.05, 4.69) is 26.8 Å². The van der Waals surface area contributed by atoms with Crippen LogP contribution in [0.4, 0.5) is 0 Å². The topological polar surface area (TPSA) is 54.4 Å². The largest absolute Gasteiger partial charge is 0.504 e.